The lowest BCUT2D eigenvalue weighted by Crippen LogP contribution is -2.32. The molecule has 0 bridgehead atoms. The van der Waals surface area contributed by atoms with Gasteiger partial charge in [0, 0.05) is 18.5 Å². The predicted molar refractivity (Wildman–Crippen MR) is 82.6 cm³/mol. The Hall–Kier alpha value is -1.27. The van der Waals surface area contributed by atoms with Crippen molar-refractivity contribution >= 4 is 29.2 Å². The van der Waals surface area contributed by atoms with E-state index in [0.29, 0.717) is 22.6 Å². The van der Waals surface area contributed by atoms with E-state index in [-0.39, 0.29) is 0 Å². The van der Waals surface area contributed by atoms with Gasteiger partial charge in [-0.2, -0.15) is 16.8 Å². The summed E-state index contributed by atoms with van der Waals surface area (Å²) in [6.07, 6.45) is 5.02. The standard InChI is InChI=1S/C15H17FN2O2S/c1-9-2-3-11(16)13-14(9)17-12(18-15(13)19)8-21-10-4-6-20-7-5-10/h2-3,10,13H,4-8H2,1H3. The molecule has 1 saturated heterocycles. The average molecular weight is 308 g/mol. The molecule has 1 fully saturated rings. The Morgan fingerprint density at radius 1 is 1.33 bits per heavy atom. The molecule has 21 heavy (non-hydrogen) atoms. The first kappa shape index (κ1) is 14.7. The van der Waals surface area contributed by atoms with Gasteiger partial charge < -0.3 is 4.74 Å². The summed E-state index contributed by atoms with van der Waals surface area (Å²) in [5, 5.41) is 0.522. The lowest BCUT2D eigenvalue weighted by molar-refractivity contribution is -0.119. The Morgan fingerprint density at radius 2 is 2.10 bits per heavy atom. The van der Waals surface area contributed by atoms with Crippen LogP contribution in [0.5, 0.6) is 0 Å². The van der Waals surface area contributed by atoms with E-state index in [2.05, 4.69) is 9.98 Å². The summed E-state index contributed by atoms with van der Waals surface area (Å²) in [5.41, 5.74) is 1.34. The SMILES string of the molecule is CC1=CC=C(F)C2C(=O)N=C(CSC3CCOCC3)N=C12. The summed E-state index contributed by atoms with van der Waals surface area (Å²) in [6, 6.07) is 0. The van der Waals surface area contributed by atoms with Crippen LogP contribution < -0.4 is 0 Å². The Morgan fingerprint density at radius 3 is 2.86 bits per heavy atom. The van der Waals surface area contributed by atoms with Crippen molar-refractivity contribution in [2.24, 2.45) is 15.9 Å². The number of amidine groups is 1. The van der Waals surface area contributed by atoms with Gasteiger partial charge in [0.25, 0.3) is 5.91 Å². The second-order valence-electron chi connectivity index (χ2n) is 5.32. The normalized spacial score (nSPS) is 26.6. The van der Waals surface area contributed by atoms with E-state index in [1.54, 1.807) is 17.8 Å². The second kappa shape index (κ2) is 6.23. The number of hydrogen-bond acceptors (Lipinski definition) is 4. The van der Waals surface area contributed by atoms with Crippen molar-refractivity contribution in [2.45, 2.75) is 25.0 Å². The third kappa shape index (κ3) is 3.16. The lowest BCUT2D eigenvalue weighted by Gasteiger charge is -2.24. The predicted octanol–water partition coefficient (Wildman–Crippen LogP) is 2.71. The van der Waals surface area contributed by atoms with Crippen LogP contribution in [0, 0.1) is 5.92 Å². The first-order valence-corrected chi connectivity index (χ1v) is 8.13. The molecule has 6 heteroatoms. The number of carbonyl (C=O) groups is 1. The third-order valence-electron chi connectivity index (χ3n) is 3.80. The Bertz CT molecular complexity index is 574. The maximum Gasteiger partial charge on any atom is 0.263 e. The molecule has 2 aliphatic heterocycles. The monoisotopic (exact) mass is 308 g/mol. The number of rotatable bonds is 3. The van der Waals surface area contributed by atoms with Crippen LogP contribution in [0.1, 0.15) is 19.8 Å². The van der Waals surface area contributed by atoms with Gasteiger partial charge in [-0.05, 0) is 31.4 Å². The van der Waals surface area contributed by atoms with E-state index >= 15 is 0 Å². The van der Waals surface area contributed by atoms with Crippen molar-refractivity contribution in [3.05, 3.63) is 23.6 Å². The molecule has 0 N–H and O–H groups in total. The van der Waals surface area contributed by atoms with E-state index in [4.69, 9.17) is 4.74 Å². The number of carbonyl (C=O) groups excluding carboxylic acids is 1. The fraction of sp³-hybridized carbons (Fsp3) is 0.533. The van der Waals surface area contributed by atoms with Gasteiger partial charge in [-0.15, -0.1) is 0 Å². The zero-order chi connectivity index (χ0) is 14.8. The molecule has 1 unspecified atom stereocenters. The number of ether oxygens (including phenoxy) is 1. The number of nitrogens with zero attached hydrogens (tertiary/aromatic N) is 2. The third-order valence-corrected chi connectivity index (χ3v) is 5.17. The minimum atomic E-state index is -0.924. The molecule has 0 aromatic carbocycles. The van der Waals surface area contributed by atoms with E-state index in [1.807, 2.05) is 6.92 Å². The highest BCUT2D eigenvalue weighted by Gasteiger charge is 2.35. The Labute approximate surface area is 127 Å². The van der Waals surface area contributed by atoms with Gasteiger partial charge in [-0.1, -0.05) is 6.08 Å². The van der Waals surface area contributed by atoms with E-state index in [1.165, 1.54) is 6.08 Å². The lowest BCUT2D eigenvalue weighted by atomic mass is 9.90. The minimum Gasteiger partial charge on any atom is -0.381 e. The summed E-state index contributed by atoms with van der Waals surface area (Å²) in [5.74, 6) is -0.740. The van der Waals surface area contributed by atoms with Crippen LogP contribution in [0.2, 0.25) is 0 Å². The van der Waals surface area contributed by atoms with Crippen LogP contribution in [0.25, 0.3) is 0 Å². The number of allylic oxidation sites excluding steroid dienone is 3. The van der Waals surface area contributed by atoms with Crippen LogP contribution in [0.3, 0.4) is 0 Å². The molecular formula is C15H17FN2O2S. The molecule has 3 rings (SSSR count). The highest BCUT2D eigenvalue weighted by Crippen LogP contribution is 2.29. The van der Waals surface area contributed by atoms with Gasteiger partial charge in [0.2, 0.25) is 0 Å². The summed E-state index contributed by atoms with van der Waals surface area (Å²) < 4.78 is 19.1. The Balaban J connectivity index is 1.70. The van der Waals surface area contributed by atoms with Crippen molar-refractivity contribution in [1.82, 2.24) is 0 Å². The number of amides is 1. The molecule has 0 aromatic heterocycles. The number of thioether (sulfide) groups is 1. The van der Waals surface area contributed by atoms with Crippen LogP contribution in [-0.4, -0.2) is 41.7 Å². The van der Waals surface area contributed by atoms with Crippen LogP contribution >= 0.6 is 11.8 Å². The summed E-state index contributed by atoms with van der Waals surface area (Å²) in [7, 11) is 0. The van der Waals surface area contributed by atoms with Crippen molar-refractivity contribution < 1.29 is 13.9 Å². The first-order valence-electron chi connectivity index (χ1n) is 7.09. The van der Waals surface area contributed by atoms with Crippen LogP contribution in [0.4, 0.5) is 4.39 Å². The number of hydrogen-bond donors (Lipinski definition) is 0. The number of halogens is 1. The fourth-order valence-electron chi connectivity index (χ4n) is 2.59. The second-order valence-corrected chi connectivity index (χ2v) is 6.61. The molecule has 0 aromatic rings. The topological polar surface area (TPSA) is 51.0 Å². The van der Waals surface area contributed by atoms with E-state index in [0.717, 1.165) is 31.6 Å². The minimum absolute atomic E-state index is 0.441. The number of fused-ring (bicyclic) bond motifs is 1. The smallest absolute Gasteiger partial charge is 0.263 e. The summed E-state index contributed by atoms with van der Waals surface area (Å²) in [6.45, 7) is 3.42. The zero-order valence-electron chi connectivity index (χ0n) is 11.8. The van der Waals surface area contributed by atoms with Gasteiger partial charge in [0.05, 0.1) is 11.5 Å². The first-order chi connectivity index (χ1) is 10.1. The van der Waals surface area contributed by atoms with E-state index < -0.39 is 17.7 Å². The molecule has 0 radical (unpaired) electrons. The van der Waals surface area contributed by atoms with Crippen molar-refractivity contribution in [3.8, 4) is 0 Å². The average Bonchev–Trinajstić information content (AvgIpc) is 2.50. The fourth-order valence-corrected chi connectivity index (χ4v) is 3.63. The summed E-state index contributed by atoms with van der Waals surface area (Å²) >= 11 is 1.75. The maximum atomic E-state index is 13.8. The highest BCUT2D eigenvalue weighted by molar-refractivity contribution is 8.00. The molecule has 0 spiro atoms. The van der Waals surface area contributed by atoms with Crippen LogP contribution in [0.15, 0.2) is 33.5 Å². The highest BCUT2D eigenvalue weighted by atomic mass is 32.2. The number of aliphatic imine (C=N–C) groups is 2. The maximum absolute atomic E-state index is 13.8. The van der Waals surface area contributed by atoms with Gasteiger partial charge in [0.15, 0.2) is 0 Å². The molecule has 3 aliphatic rings. The molecule has 2 heterocycles. The molecular weight excluding hydrogens is 291 g/mol. The van der Waals surface area contributed by atoms with Gasteiger partial charge in [-0.3, -0.25) is 4.79 Å². The van der Waals surface area contributed by atoms with Gasteiger partial charge >= 0.3 is 0 Å². The molecule has 1 aliphatic carbocycles. The van der Waals surface area contributed by atoms with Crippen molar-refractivity contribution in [2.75, 3.05) is 19.0 Å². The molecule has 0 saturated carbocycles. The zero-order valence-corrected chi connectivity index (χ0v) is 12.7. The van der Waals surface area contributed by atoms with Gasteiger partial charge in [-0.25, -0.2) is 9.38 Å². The molecule has 4 nitrogen and oxygen atoms in total. The van der Waals surface area contributed by atoms with Crippen molar-refractivity contribution in [3.63, 3.8) is 0 Å². The van der Waals surface area contributed by atoms with Gasteiger partial charge in [0.1, 0.15) is 17.6 Å². The Kier molecular flexibility index (Phi) is 4.35. The molecule has 1 atom stereocenters. The summed E-state index contributed by atoms with van der Waals surface area (Å²) in [4.78, 5) is 20.4. The van der Waals surface area contributed by atoms with Crippen LogP contribution in [-0.2, 0) is 9.53 Å². The molecule has 112 valence electrons. The van der Waals surface area contributed by atoms with E-state index in [9.17, 15) is 9.18 Å². The largest absolute Gasteiger partial charge is 0.381 e. The quantitative estimate of drug-likeness (QED) is 0.805. The molecule has 1 amide bonds. The van der Waals surface area contributed by atoms with Crippen molar-refractivity contribution in [1.29, 1.82) is 0 Å².